The number of rotatable bonds is 5. The summed E-state index contributed by atoms with van der Waals surface area (Å²) in [7, 11) is 4.04. The van der Waals surface area contributed by atoms with Crippen molar-refractivity contribution in [3.05, 3.63) is 0 Å². The SMILES string of the molecule is COCCCN1CC2(CC(N3CCN(C)CC3)C2)C1. The van der Waals surface area contributed by atoms with Gasteiger partial charge in [0.2, 0.25) is 0 Å². The highest BCUT2D eigenvalue weighted by Crippen LogP contribution is 2.50. The van der Waals surface area contributed by atoms with E-state index < -0.39 is 0 Å². The van der Waals surface area contributed by atoms with Gasteiger partial charge in [-0.2, -0.15) is 0 Å². The molecule has 3 aliphatic rings. The zero-order valence-corrected chi connectivity index (χ0v) is 12.6. The number of ether oxygens (including phenoxy) is 1. The van der Waals surface area contributed by atoms with Crippen molar-refractivity contribution in [1.82, 2.24) is 14.7 Å². The summed E-state index contributed by atoms with van der Waals surface area (Å²) < 4.78 is 5.12. The van der Waals surface area contributed by atoms with Gasteiger partial charge in [0.15, 0.2) is 0 Å². The first-order chi connectivity index (χ1) is 9.21. The van der Waals surface area contributed by atoms with Crippen LogP contribution in [0, 0.1) is 5.41 Å². The third-order valence-corrected chi connectivity index (χ3v) is 5.33. The molecule has 2 saturated heterocycles. The lowest BCUT2D eigenvalue weighted by molar-refractivity contribution is -0.115. The van der Waals surface area contributed by atoms with Crippen LogP contribution in [0.25, 0.3) is 0 Å². The van der Waals surface area contributed by atoms with E-state index in [1.54, 1.807) is 7.11 Å². The van der Waals surface area contributed by atoms with Crippen molar-refractivity contribution in [2.24, 2.45) is 5.41 Å². The highest BCUT2D eigenvalue weighted by atomic mass is 16.5. The molecule has 1 spiro atoms. The Morgan fingerprint density at radius 1 is 1.11 bits per heavy atom. The van der Waals surface area contributed by atoms with Gasteiger partial charge in [0.1, 0.15) is 0 Å². The van der Waals surface area contributed by atoms with Crippen molar-refractivity contribution in [2.45, 2.75) is 25.3 Å². The fraction of sp³-hybridized carbons (Fsp3) is 1.00. The fourth-order valence-electron chi connectivity index (χ4n) is 4.14. The lowest BCUT2D eigenvalue weighted by atomic mass is 9.60. The van der Waals surface area contributed by atoms with Crippen LogP contribution in [0.3, 0.4) is 0 Å². The molecule has 0 amide bonds. The van der Waals surface area contributed by atoms with Crippen LogP contribution in [0.5, 0.6) is 0 Å². The molecule has 0 N–H and O–H groups in total. The van der Waals surface area contributed by atoms with Crippen molar-refractivity contribution in [1.29, 1.82) is 0 Å². The Balaban J connectivity index is 1.33. The van der Waals surface area contributed by atoms with Crippen LogP contribution in [-0.4, -0.2) is 87.3 Å². The first-order valence-corrected chi connectivity index (χ1v) is 7.85. The molecular formula is C15H29N3O. The van der Waals surface area contributed by atoms with Gasteiger partial charge in [-0.15, -0.1) is 0 Å². The Morgan fingerprint density at radius 3 is 2.42 bits per heavy atom. The van der Waals surface area contributed by atoms with Crippen LogP contribution >= 0.6 is 0 Å². The molecule has 0 aromatic heterocycles. The molecule has 0 bridgehead atoms. The Morgan fingerprint density at radius 2 is 1.79 bits per heavy atom. The maximum absolute atomic E-state index is 5.12. The van der Waals surface area contributed by atoms with Gasteiger partial charge < -0.3 is 14.5 Å². The summed E-state index contributed by atoms with van der Waals surface area (Å²) >= 11 is 0. The largest absolute Gasteiger partial charge is 0.385 e. The number of methoxy groups -OCH3 is 1. The van der Waals surface area contributed by atoms with E-state index >= 15 is 0 Å². The van der Waals surface area contributed by atoms with Crippen molar-refractivity contribution in [3.63, 3.8) is 0 Å². The Kier molecular flexibility index (Phi) is 4.13. The van der Waals surface area contributed by atoms with Crippen LogP contribution in [0.4, 0.5) is 0 Å². The van der Waals surface area contributed by atoms with E-state index in [0.717, 1.165) is 12.6 Å². The molecule has 1 saturated carbocycles. The van der Waals surface area contributed by atoms with Gasteiger partial charge in [-0.05, 0) is 31.7 Å². The summed E-state index contributed by atoms with van der Waals surface area (Å²) in [6.07, 6.45) is 4.10. The van der Waals surface area contributed by atoms with Crippen LogP contribution in [0.2, 0.25) is 0 Å². The van der Waals surface area contributed by atoms with E-state index in [9.17, 15) is 0 Å². The summed E-state index contributed by atoms with van der Waals surface area (Å²) in [5.41, 5.74) is 0.709. The van der Waals surface area contributed by atoms with Gasteiger partial charge in [0, 0.05) is 65.6 Å². The lowest BCUT2D eigenvalue weighted by Gasteiger charge is -2.62. The van der Waals surface area contributed by atoms with E-state index in [0.29, 0.717) is 5.41 Å². The van der Waals surface area contributed by atoms with Crippen molar-refractivity contribution >= 4 is 0 Å². The minimum atomic E-state index is 0.709. The zero-order valence-electron chi connectivity index (χ0n) is 12.6. The summed E-state index contributed by atoms with van der Waals surface area (Å²) in [5.74, 6) is 0. The molecule has 3 rings (SSSR count). The number of hydrogen-bond acceptors (Lipinski definition) is 4. The predicted octanol–water partition coefficient (Wildman–Crippen LogP) is 0.735. The zero-order chi connectivity index (χ0) is 13.3. The number of likely N-dealkylation sites (N-methyl/N-ethyl adjacent to an activating group) is 1. The summed E-state index contributed by atoms with van der Waals surface area (Å²) in [6.45, 7) is 9.92. The minimum Gasteiger partial charge on any atom is -0.385 e. The van der Waals surface area contributed by atoms with Crippen LogP contribution in [-0.2, 0) is 4.74 Å². The third kappa shape index (κ3) is 2.97. The van der Waals surface area contributed by atoms with Crippen molar-refractivity contribution in [2.75, 3.05) is 66.6 Å². The topological polar surface area (TPSA) is 19.0 Å². The second-order valence-corrected chi connectivity index (χ2v) is 6.96. The highest BCUT2D eigenvalue weighted by molar-refractivity contribution is 5.07. The van der Waals surface area contributed by atoms with Gasteiger partial charge in [-0.1, -0.05) is 0 Å². The van der Waals surface area contributed by atoms with Gasteiger partial charge in [0.05, 0.1) is 0 Å². The van der Waals surface area contributed by atoms with E-state index in [1.165, 1.54) is 65.1 Å². The quantitative estimate of drug-likeness (QED) is 0.684. The van der Waals surface area contributed by atoms with Gasteiger partial charge >= 0.3 is 0 Å². The average Bonchev–Trinajstić information content (AvgIpc) is 2.31. The maximum atomic E-state index is 5.12. The molecule has 3 fully saturated rings. The molecule has 0 aromatic rings. The molecule has 2 aliphatic heterocycles. The van der Waals surface area contributed by atoms with E-state index in [4.69, 9.17) is 4.74 Å². The third-order valence-electron chi connectivity index (χ3n) is 5.33. The molecule has 0 radical (unpaired) electrons. The smallest absolute Gasteiger partial charge is 0.0474 e. The standard InChI is InChI=1S/C15H29N3O/c1-16-5-7-18(8-6-16)14-10-15(11-14)12-17(13-15)4-3-9-19-2/h14H,3-13H2,1-2H3. The molecule has 0 unspecified atom stereocenters. The maximum Gasteiger partial charge on any atom is 0.0474 e. The number of likely N-dealkylation sites (tertiary alicyclic amines) is 1. The van der Waals surface area contributed by atoms with E-state index in [1.807, 2.05) is 0 Å². The molecule has 110 valence electrons. The number of piperazine rings is 1. The normalized spacial score (nSPS) is 29.4. The Bertz CT molecular complexity index is 288. The van der Waals surface area contributed by atoms with Gasteiger partial charge in [-0.3, -0.25) is 4.90 Å². The highest BCUT2D eigenvalue weighted by Gasteiger charge is 2.53. The number of nitrogens with zero attached hydrogens (tertiary/aromatic N) is 3. The van der Waals surface area contributed by atoms with Crippen LogP contribution in [0.1, 0.15) is 19.3 Å². The molecule has 4 heteroatoms. The van der Waals surface area contributed by atoms with Crippen molar-refractivity contribution in [3.8, 4) is 0 Å². The molecule has 0 atom stereocenters. The van der Waals surface area contributed by atoms with E-state index in [-0.39, 0.29) is 0 Å². The molecule has 19 heavy (non-hydrogen) atoms. The second kappa shape index (κ2) is 5.68. The molecule has 1 aliphatic carbocycles. The molecule has 4 nitrogen and oxygen atoms in total. The van der Waals surface area contributed by atoms with Crippen molar-refractivity contribution < 1.29 is 4.74 Å². The summed E-state index contributed by atoms with van der Waals surface area (Å²) in [6, 6.07) is 0.898. The van der Waals surface area contributed by atoms with Crippen LogP contribution < -0.4 is 0 Å². The second-order valence-electron chi connectivity index (χ2n) is 6.96. The Hall–Kier alpha value is -0.160. The minimum absolute atomic E-state index is 0.709. The predicted molar refractivity (Wildman–Crippen MR) is 77.5 cm³/mol. The van der Waals surface area contributed by atoms with Gasteiger partial charge in [0.25, 0.3) is 0 Å². The monoisotopic (exact) mass is 267 g/mol. The van der Waals surface area contributed by atoms with E-state index in [2.05, 4.69) is 21.7 Å². The first-order valence-electron chi connectivity index (χ1n) is 7.85. The summed E-state index contributed by atoms with van der Waals surface area (Å²) in [5, 5.41) is 0. The van der Waals surface area contributed by atoms with Crippen LogP contribution in [0.15, 0.2) is 0 Å². The molecule has 0 aromatic carbocycles. The van der Waals surface area contributed by atoms with Gasteiger partial charge in [-0.25, -0.2) is 0 Å². The fourth-order valence-corrected chi connectivity index (χ4v) is 4.14. The average molecular weight is 267 g/mol. The first kappa shape index (κ1) is 13.8. The molecule has 2 heterocycles. The molecular weight excluding hydrogens is 238 g/mol. The summed E-state index contributed by atoms with van der Waals surface area (Å²) in [4.78, 5) is 7.80. The lowest BCUT2D eigenvalue weighted by Crippen LogP contribution is -2.67. The Labute approximate surface area is 117 Å². The number of hydrogen-bond donors (Lipinski definition) is 0.